The molecule has 20 heteroatoms. The fourth-order valence-corrected chi connectivity index (χ4v) is 0. The van der Waals surface area contributed by atoms with E-state index in [0.717, 1.165) is 0 Å². The zero-order valence-electron chi connectivity index (χ0n) is 8.54. The molecule has 0 saturated heterocycles. The fourth-order valence-electron chi connectivity index (χ4n) is 0. The normalized spacial score (nSPS) is 10.9. The van der Waals surface area contributed by atoms with Crippen molar-refractivity contribution in [1.29, 1.82) is 0 Å². The average Bonchev–Trinajstić information content (AvgIpc) is 1.62. The first-order valence-electron chi connectivity index (χ1n) is 2.47. The minimum atomic E-state index is -5.62. The summed E-state index contributed by atoms with van der Waals surface area (Å²) in [6.07, 6.45) is 0. The maximum absolute atomic E-state index is 8.58. The molecule has 21 heavy (non-hydrogen) atoms. The molecule has 0 aliphatic rings. The summed E-state index contributed by atoms with van der Waals surface area (Å²) in [7, 11) is 0. The molecule has 0 spiro atoms. The topological polar surface area (TPSA) is 297 Å². The van der Waals surface area contributed by atoms with E-state index in [1.165, 1.54) is 0 Å². The van der Waals surface area contributed by atoms with Gasteiger partial charge in [0.1, 0.15) is 0 Å². The van der Waals surface area contributed by atoms with Crippen LogP contribution in [0.1, 0.15) is 0 Å². The Bertz CT molecular complexity index is 673. The van der Waals surface area contributed by atoms with Crippen molar-refractivity contribution in [3.05, 3.63) is 7.43 Å². The van der Waals surface area contributed by atoms with E-state index >= 15 is 0 Å². The van der Waals surface area contributed by atoms with Crippen LogP contribution in [0, 0.1) is 7.43 Å². The molecule has 16 nitrogen and oxygen atoms in total. The Hall–Kier alpha value is -0.482. The van der Waals surface area contributed by atoms with Crippen LogP contribution >= 0.6 is 0 Å². The Morgan fingerprint density at radius 1 is 0.333 bits per heavy atom. The Labute approximate surface area is 122 Å². The molecular formula is CMn4O16. The fraction of sp³-hybridized carbons (Fsp3) is 0. The van der Waals surface area contributed by atoms with Gasteiger partial charge in [0.2, 0.25) is 0 Å². The van der Waals surface area contributed by atoms with Gasteiger partial charge in [-0.05, 0) is 0 Å². The molecule has 0 atom stereocenters. The van der Waals surface area contributed by atoms with E-state index in [0.29, 0.717) is 0 Å². The van der Waals surface area contributed by atoms with Crippen molar-refractivity contribution in [3.8, 4) is 0 Å². The van der Waals surface area contributed by atoms with E-state index in [2.05, 4.69) is 0 Å². The summed E-state index contributed by atoms with van der Waals surface area (Å²) in [6.45, 7) is 0. The first kappa shape index (κ1) is 32.5. The van der Waals surface area contributed by atoms with Gasteiger partial charge in [-0.15, -0.1) is 0 Å². The van der Waals surface area contributed by atoms with Gasteiger partial charge in [-0.25, -0.2) is 0 Å². The van der Waals surface area contributed by atoms with E-state index in [1.807, 2.05) is 0 Å². The molecule has 0 aromatic carbocycles. The Balaban J connectivity index is -0.0000000533. The first-order valence-corrected chi connectivity index (χ1v) is 10.2. The summed E-state index contributed by atoms with van der Waals surface area (Å²) in [4.78, 5) is 0. The third-order valence-corrected chi connectivity index (χ3v) is 0. The van der Waals surface area contributed by atoms with Crippen molar-refractivity contribution in [3.63, 3.8) is 0 Å². The van der Waals surface area contributed by atoms with Crippen LogP contribution in [-0.4, -0.2) is 0 Å². The van der Waals surface area contributed by atoms with Gasteiger partial charge in [0.25, 0.3) is 0 Å². The van der Waals surface area contributed by atoms with Crippen LogP contribution in [-0.2, 0) is 97.9 Å². The summed E-state index contributed by atoms with van der Waals surface area (Å²) in [6, 6.07) is 0. The molecule has 0 aliphatic heterocycles. The molecule has 0 amide bonds. The molecule has 0 N–H and O–H groups in total. The van der Waals surface area contributed by atoms with Crippen molar-refractivity contribution in [1.82, 2.24) is 0 Å². The van der Waals surface area contributed by atoms with Crippen molar-refractivity contribution in [2.24, 2.45) is 0 Å². The van der Waals surface area contributed by atoms with Gasteiger partial charge in [-0.1, -0.05) is 0 Å². The van der Waals surface area contributed by atoms with Crippen molar-refractivity contribution >= 4 is 0 Å². The molecule has 0 saturated carbocycles. The number of hydrogen-bond donors (Lipinski definition) is 0. The minimum absolute atomic E-state index is 0. The number of hydrogen-bond acceptors (Lipinski definition) is 16. The second-order valence-corrected chi connectivity index (χ2v) is 6.23. The summed E-state index contributed by atoms with van der Waals surface area (Å²) in [5.41, 5.74) is 0. The summed E-state index contributed by atoms with van der Waals surface area (Å²) >= 11 is -22.5. The van der Waals surface area contributed by atoms with Crippen LogP contribution in [0.2, 0.25) is 0 Å². The average molecular weight is 488 g/mol. The molecule has 0 radical (unpaired) electrons. The zero-order valence-corrected chi connectivity index (χ0v) is 13.3. The molecule has 0 aromatic heterocycles. The molecule has 0 bridgehead atoms. The third-order valence-electron chi connectivity index (χ3n) is 0. The van der Waals surface area contributed by atoms with Gasteiger partial charge >= 0.3 is 122 Å². The second kappa shape index (κ2) is 12.1. The van der Waals surface area contributed by atoms with Crippen molar-refractivity contribution in [2.45, 2.75) is 0 Å². The van der Waals surface area contributed by atoms with Crippen molar-refractivity contribution < 1.29 is 115 Å². The Morgan fingerprint density at radius 2 is 0.333 bits per heavy atom. The predicted octanol–water partition coefficient (Wildman–Crippen LogP) is -6.11. The van der Waals surface area contributed by atoms with Gasteiger partial charge in [0.15, 0.2) is 0 Å². The van der Waals surface area contributed by atoms with Gasteiger partial charge < -0.3 is 0 Å². The monoisotopic (exact) mass is 488 g/mol. The SMILES string of the molecule is [C+4].[O]=[Mn](=[O])(=[O])[O-].[O]=[Mn](=[O])(=[O])[O-].[O]=[Mn](=[O])(=[O])[O-].[O]=[Mn](=[O])(=[O])[O-]. The number of rotatable bonds is 0. The molecule has 128 valence electrons. The first-order chi connectivity index (χ1) is 8.00. The van der Waals surface area contributed by atoms with Crippen molar-refractivity contribution in [2.75, 3.05) is 0 Å². The second-order valence-electron chi connectivity index (χ2n) is 1.51. The predicted molar refractivity (Wildman–Crippen MR) is 11.5 cm³/mol. The van der Waals surface area contributed by atoms with Gasteiger partial charge in [0, 0.05) is 0 Å². The molecule has 0 heterocycles. The maximum atomic E-state index is 8.58. The van der Waals surface area contributed by atoms with Crippen LogP contribution in [0.25, 0.3) is 0 Å². The van der Waals surface area contributed by atoms with Gasteiger partial charge in [-0.2, -0.15) is 0 Å². The standard InChI is InChI=1S/C.4Mn.16O/q+4;;;;;;;;;;;;;;;;;4*-1. The molecule has 0 unspecified atom stereocenters. The summed E-state index contributed by atoms with van der Waals surface area (Å²) in [5, 5.41) is 0. The van der Waals surface area contributed by atoms with E-state index in [4.69, 9.17) is 62.8 Å². The molecule has 0 rings (SSSR count). The van der Waals surface area contributed by atoms with Crippen LogP contribution in [0.15, 0.2) is 0 Å². The van der Waals surface area contributed by atoms with E-state index in [-0.39, 0.29) is 7.43 Å². The molecule has 0 fully saturated rings. The Kier molecular flexibility index (Phi) is 18.7. The summed E-state index contributed by atoms with van der Waals surface area (Å²) in [5.74, 6) is 0. The Morgan fingerprint density at radius 3 is 0.333 bits per heavy atom. The van der Waals surface area contributed by atoms with E-state index in [1.54, 1.807) is 0 Å². The molecular weight excluding hydrogens is 488 g/mol. The third kappa shape index (κ3) is 25800. The van der Waals surface area contributed by atoms with Crippen LogP contribution in [0.4, 0.5) is 0 Å². The van der Waals surface area contributed by atoms with E-state index in [9.17, 15) is 0 Å². The molecule has 0 aliphatic carbocycles. The van der Waals surface area contributed by atoms with Crippen LogP contribution in [0.3, 0.4) is 0 Å². The van der Waals surface area contributed by atoms with E-state index < -0.39 is 51.9 Å². The summed E-state index contributed by atoms with van der Waals surface area (Å²) < 4.78 is 137. The molecule has 0 aromatic rings. The zero-order chi connectivity index (χ0) is 18.0. The van der Waals surface area contributed by atoms with Gasteiger partial charge in [-0.3, -0.25) is 0 Å². The van der Waals surface area contributed by atoms with Crippen LogP contribution < -0.4 is 16.8 Å². The quantitative estimate of drug-likeness (QED) is 0.287. The van der Waals surface area contributed by atoms with Crippen LogP contribution in [0.5, 0.6) is 0 Å². The van der Waals surface area contributed by atoms with Gasteiger partial charge in [0.05, 0.1) is 0 Å².